The minimum absolute atomic E-state index is 0.202. The molecule has 0 radical (unpaired) electrons. The van der Waals surface area contributed by atoms with Crippen molar-refractivity contribution < 1.29 is 9.47 Å². The normalized spacial score (nSPS) is 36.9. The van der Waals surface area contributed by atoms with Gasteiger partial charge in [-0.2, -0.15) is 10.2 Å². The van der Waals surface area contributed by atoms with Crippen LogP contribution in [-0.2, 0) is 9.47 Å². The molecule has 2 aromatic heterocycles. The summed E-state index contributed by atoms with van der Waals surface area (Å²) < 4.78 is 14.1. The Morgan fingerprint density at radius 3 is 3.22 bits per heavy atom. The molecule has 0 spiro atoms. The van der Waals surface area contributed by atoms with Crippen LogP contribution in [0.5, 0.6) is 0 Å². The third-order valence-corrected chi connectivity index (χ3v) is 8.06. The highest BCUT2D eigenvalue weighted by atomic mass is 32.2. The number of aromatic nitrogens is 4. The van der Waals surface area contributed by atoms with Gasteiger partial charge in [-0.1, -0.05) is 0 Å². The Morgan fingerprint density at radius 2 is 2.44 bits per heavy atom. The fraction of sp³-hybridized carbons (Fsp3) is 0.684. The van der Waals surface area contributed by atoms with Crippen LogP contribution in [-0.4, -0.2) is 64.2 Å². The van der Waals surface area contributed by atoms with Crippen molar-refractivity contribution in [3.8, 4) is 0 Å². The molecule has 7 atom stereocenters. The molecule has 3 aliphatic rings. The predicted octanol–water partition coefficient (Wildman–Crippen LogP) is 2.03. The minimum Gasteiger partial charge on any atom is -0.382 e. The summed E-state index contributed by atoms with van der Waals surface area (Å²) in [6.45, 7) is 2.52. The highest BCUT2D eigenvalue weighted by Crippen LogP contribution is 2.56. The van der Waals surface area contributed by atoms with Gasteiger partial charge in [-0.05, 0) is 24.8 Å². The van der Waals surface area contributed by atoms with Gasteiger partial charge in [-0.3, -0.25) is 9.78 Å². The molecule has 0 aliphatic carbocycles. The second-order valence-corrected chi connectivity index (χ2v) is 9.17. The zero-order chi connectivity index (χ0) is 18.2. The topological polar surface area (TPSA) is 77.0 Å². The van der Waals surface area contributed by atoms with Crippen molar-refractivity contribution >= 4 is 11.8 Å². The molecule has 7 nitrogen and oxygen atoms in total. The van der Waals surface area contributed by atoms with E-state index in [1.807, 2.05) is 24.7 Å². The Kier molecular flexibility index (Phi) is 4.98. The molecule has 2 aromatic rings. The van der Waals surface area contributed by atoms with Crippen LogP contribution in [0.15, 0.2) is 30.9 Å². The second-order valence-electron chi connectivity index (χ2n) is 7.79. The van der Waals surface area contributed by atoms with E-state index in [2.05, 4.69) is 43.3 Å². The number of piperidine rings is 1. The minimum atomic E-state index is 0.202. The monoisotopic (exact) mass is 389 g/mol. The van der Waals surface area contributed by atoms with Gasteiger partial charge in [0.05, 0.1) is 30.2 Å². The van der Waals surface area contributed by atoms with Gasteiger partial charge in [0, 0.05) is 61.6 Å². The Labute approximate surface area is 163 Å². The number of nitrogens with one attached hydrogen (secondary N) is 2. The third kappa shape index (κ3) is 3.12. The number of hydrogen-bond donors (Lipinski definition) is 2. The third-order valence-electron chi connectivity index (χ3n) is 6.40. The summed E-state index contributed by atoms with van der Waals surface area (Å²) in [5.41, 5.74) is 1.26. The lowest BCUT2D eigenvalue weighted by atomic mass is 9.72. The van der Waals surface area contributed by atoms with E-state index in [4.69, 9.17) is 9.47 Å². The first-order valence-electron chi connectivity index (χ1n) is 9.84. The first-order chi connectivity index (χ1) is 13.4. The molecule has 0 aromatic carbocycles. The number of hydrogen-bond acceptors (Lipinski definition) is 6. The van der Waals surface area contributed by atoms with Crippen molar-refractivity contribution in [1.29, 1.82) is 0 Å². The molecule has 27 heavy (non-hydrogen) atoms. The molecular formula is C19H27N5O2S. The lowest BCUT2D eigenvalue weighted by molar-refractivity contribution is -0.00289. The lowest BCUT2D eigenvalue weighted by Gasteiger charge is -2.44. The second kappa shape index (κ2) is 7.58. The number of rotatable bonds is 5. The van der Waals surface area contributed by atoms with Crippen LogP contribution in [0.4, 0.5) is 0 Å². The van der Waals surface area contributed by atoms with Gasteiger partial charge in [0.1, 0.15) is 0 Å². The first kappa shape index (κ1) is 17.7. The molecule has 3 fully saturated rings. The van der Waals surface area contributed by atoms with Gasteiger partial charge in [0.2, 0.25) is 0 Å². The molecule has 5 rings (SSSR count). The van der Waals surface area contributed by atoms with Crippen LogP contribution in [0.25, 0.3) is 0 Å². The van der Waals surface area contributed by atoms with Gasteiger partial charge in [-0.25, -0.2) is 0 Å². The highest BCUT2D eigenvalue weighted by Gasteiger charge is 2.54. The van der Waals surface area contributed by atoms with E-state index >= 15 is 0 Å². The van der Waals surface area contributed by atoms with Crippen molar-refractivity contribution in [3.05, 3.63) is 36.4 Å². The average molecular weight is 390 g/mol. The smallest absolute Gasteiger partial charge is 0.0907 e. The maximum Gasteiger partial charge on any atom is 0.0907 e. The largest absolute Gasteiger partial charge is 0.382 e. The molecule has 146 valence electrons. The molecule has 0 amide bonds. The van der Waals surface area contributed by atoms with Crippen LogP contribution >= 0.6 is 11.8 Å². The molecule has 2 N–H and O–H groups in total. The van der Waals surface area contributed by atoms with Crippen LogP contribution in [0.2, 0.25) is 0 Å². The van der Waals surface area contributed by atoms with Crippen LogP contribution in [0.1, 0.15) is 29.7 Å². The molecule has 5 heterocycles. The number of ether oxygens (including phenoxy) is 2. The summed E-state index contributed by atoms with van der Waals surface area (Å²) in [4.78, 5) is 0. The Morgan fingerprint density at radius 1 is 1.48 bits per heavy atom. The zero-order valence-electron chi connectivity index (χ0n) is 15.5. The van der Waals surface area contributed by atoms with Crippen molar-refractivity contribution in [3.63, 3.8) is 0 Å². The summed E-state index contributed by atoms with van der Waals surface area (Å²) >= 11 is 2.06. The summed E-state index contributed by atoms with van der Waals surface area (Å²) in [5.74, 6) is 1.11. The summed E-state index contributed by atoms with van der Waals surface area (Å²) in [5, 5.41) is 16.5. The van der Waals surface area contributed by atoms with Crippen molar-refractivity contribution in [1.82, 2.24) is 25.3 Å². The molecule has 3 aliphatic heterocycles. The molecule has 7 unspecified atom stereocenters. The van der Waals surface area contributed by atoms with Crippen LogP contribution < -0.4 is 5.32 Å². The first-order valence-corrected chi connectivity index (χ1v) is 10.8. The quantitative estimate of drug-likeness (QED) is 0.815. The van der Waals surface area contributed by atoms with E-state index in [0.29, 0.717) is 35.0 Å². The van der Waals surface area contributed by atoms with Crippen LogP contribution in [0, 0.1) is 11.8 Å². The molecule has 8 heteroatoms. The molecule has 0 saturated carbocycles. The summed E-state index contributed by atoms with van der Waals surface area (Å²) in [7, 11) is 1.78. The number of H-pyrrole nitrogens is 1. The zero-order valence-corrected chi connectivity index (χ0v) is 16.3. The number of thioether (sulfide) groups is 1. The van der Waals surface area contributed by atoms with E-state index in [1.165, 1.54) is 12.0 Å². The van der Waals surface area contributed by atoms with Gasteiger partial charge < -0.3 is 14.8 Å². The van der Waals surface area contributed by atoms with Crippen molar-refractivity contribution in [2.24, 2.45) is 11.8 Å². The standard InChI is InChI=1S/C19H27N5O2S/c1-25-11-14(24-6-3-5-23-24)17-13-4-2-7-26-18-16(13)15(10-20-17)27-19(18)12-8-21-22-9-12/h3,5-6,8-9,13-20H,2,4,7,10-11H2,1H3,(H,21,22). The Balaban J connectivity index is 1.46. The molecular weight excluding hydrogens is 362 g/mol. The van der Waals surface area contributed by atoms with Gasteiger partial charge in [0.25, 0.3) is 0 Å². The number of methoxy groups -OCH3 is 1. The van der Waals surface area contributed by atoms with Crippen molar-refractivity contribution in [2.45, 2.75) is 41.5 Å². The van der Waals surface area contributed by atoms with Crippen molar-refractivity contribution in [2.75, 3.05) is 26.9 Å². The Hall–Kier alpha value is -1.35. The maximum absolute atomic E-state index is 6.43. The van der Waals surface area contributed by atoms with Crippen LogP contribution in [0.3, 0.4) is 0 Å². The van der Waals surface area contributed by atoms with Gasteiger partial charge in [0.15, 0.2) is 0 Å². The van der Waals surface area contributed by atoms with Gasteiger partial charge >= 0.3 is 0 Å². The lowest BCUT2D eigenvalue weighted by Crippen LogP contribution is -2.57. The SMILES string of the molecule is COCC(C1NCC2SC(c3cn[nH]c3)C3OCCCC1C23)n1cccn1. The molecule has 0 bridgehead atoms. The van der Waals surface area contributed by atoms with E-state index in [-0.39, 0.29) is 12.1 Å². The summed E-state index contributed by atoms with van der Waals surface area (Å²) in [6, 6.07) is 2.54. The van der Waals surface area contributed by atoms with Gasteiger partial charge in [-0.15, -0.1) is 11.8 Å². The van der Waals surface area contributed by atoms with E-state index in [1.54, 1.807) is 7.11 Å². The fourth-order valence-corrected chi connectivity index (χ4v) is 7.13. The van der Waals surface area contributed by atoms with E-state index in [0.717, 1.165) is 19.6 Å². The Bertz CT molecular complexity index is 725. The fourth-order valence-electron chi connectivity index (χ4n) is 5.32. The summed E-state index contributed by atoms with van der Waals surface area (Å²) in [6.07, 6.45) is 10.5. The predicted molar refractivity (Wildman–Crippen MR) is 104 cm³/mol. The van der Waals surface area contributed by atoms with E-state index < -0.39 is 0 Å². The molecule has 3 saturated heterocycles. The number of aromatic amines is 1. The average Bonchev–Trinajstić information content (AvgIpc) is 3.41. The highest BCUT2D eigenvalue weighted by molar-refractivity contribution is 8.00. The maximum atomic E-state index is 6.43. The van der Waals surface area contributed by atoms with E-state index in [9.17, 15) is 0 Å². The number of nitrogens with zero attached hydrogens (tertiary/aromatic N) is 3.